The van der Waals surface area contributed by atoms with Gasteiger partial charge >= 0.3 is 0 Å². The molecule has 116 valence electrons. The number of hydrogen-bond acceptors (Lipinski definition) is 3. The van der Waals surface area contributed by atoms with Gasteiger partial charge in [-0.1, -0.05) is 13.8 Å². The fraction of sp³-hybridized carbons (Fsp3) is 0.938. The van der Waals surface area contributed by atoms with Crippen molar-refractivity contribution in [3.8, 4) is 0 Å². The lowest BCUT2D eigenvalue weighted by atomic mass is 9.85. The Hall–Kier alpha value is -0.610. The van der Waals surface area contributed by atoms with Crippen LogP contribution in [0, 0.1) is 11.8 Å². The highest BCUT2D eigenvalue weighted by Crippen LogP contribution is 2.29. The van der Waals surface area contributed by atoms with Crippen LogP contribution in [0.15, 0.2) is 0 Å². The molecule has 4 unspecified atom stereocenters. The van der Waals surface area contributed by atoms with Gasteiger partial charge in [0.2, 0.25) is 5.91 Å². The molecule has 0 bridgehead atoms. The summed E-state index contributed by atoms with van der Waals surface area (Å²) in [5, 5.41) is 3.44. The van der Waals surface area contributed by atoms with Gasteiger partial charge in [-0.2, -0.15) is 0 Å². The molecule has 4 heteroatoms. The van der Waals surface area contributed by atoms with Crippen LogP contribution in [0.5, 0.6) is 0 Å². The predicted molar refractivity (Wildman–Crippen MR) is 82.4 cm³/mol. The lowest BCUT2D eigenvalue weighted by Crippen LogP contribution is -2.56. The van der Waals surface area contributed by atoms with Gasteiger partial charge in [0, 0.05) is 25.2 Å². The number of nitrogens with two attached hydrogens (primary N) is 1. The lowest BCUT2D eigenvalue weighted by Gasteiger charge is -2.42. The molecule has 0 aromatic carbocycles. The summed E-state index contributed by atoms with van der Waals surface area (Å²) in [4.78, 5) is 14.3. The first kappa shape index (κ1) is 15.8. The number of nitrogens with one attached hydrogen (secondary N) is 1. The summed E-state index contributed by atoms with van der Waals surface area (Å²) in [5.41, 5.74) is 5.08. The lowest BCUT2D eigenvalue weighted by molar-refractivity contribution is -0.124. The van der Waals surface area contributed by atoms with Gasteiger partial charge < -0.3 is 16.0 Å². The fourth-order valence-corrected chi connectivity index (χ4v) is 3.44. The number of likely N-dealkylation sites (tertiary alicyclic amines) is 1. The Balaban J connectivity index is 1.92. The van der Waals surface area contributed by atoms with Gasteiger partial charge in [-0.25, -0.2) is 0 Å². The van der Waals surface area contributed by atoms with Gasteiger partial charge in [0.05, 0.1) is 5.54 Å². The average molecular weight is 281 g/mol. The minimum atomic E-state index is -0.551. The topological polar surface area (TPSA) is 58.4 Å². The maximum atomic E-state index is 11.8. The van der Waals surface area contributed by atoms with Crippen molar-refractivity contribution in [3.05, 3.63) is 0 Å². The normalized spacial score (nSPS) is 34.7. The van der Waals surface area contributed by atoms with E-state index in [0.29, 0.717) is 12.1 Å². The third-order valence-corrected chi connectivity index (χ3v) is 5.26. The summed E-state index contributed by atoms with van der Waals surface area (Å²) in [6.45, 7) is 11.0. The first-order valence-corrected chi connectivity index (χ1v) is 8.13. The van der Waals surface area contributed by atoms with E-state index in [4.69, 9.17) is 5.73 Å². The molecule has 20 heavy (non-hydrogen) atoms. The summed E-state index contributed by atoms with van der Waals surface area (Å²) in [7, 11) is 0. The summed E-state index contributed by atoms with van der Waals surface area (Å²) in [6.07, 6.45) is 4.47. The van der Waals surface area contributed by atoms with E-state index in [-0.39, 0.29) is 5.91 Å². The SMILES string of the molecule is CC1CC(C)C(C)N(CCC(C)(NC2CC2)C(N)=O)C1. The fourth-order valence-electron chi connectivity index (χ4n) is 3.44. The molecule has 0 aromatic rings. The number of carbonyl (C=O) groups excluding carboxylic acids is 1. The van der Waals surface area contributed by atoms with Crippen molar-refractivity contribution in [2.45, 2.75) is 71.0 Å². The highest BCUT2D eigenvalue weighted by Gasteiger charge is 2.38. The monoisotopic (exact) mass is 281 g/mol. The number of rotatable bonds is 6. The molecule has 0 aromatic heterocycles. The molecule has 1 amide bonds. The van der Waals surface area contributed by atoms with Crippen molar-refractivity contribution in [1.82, 2.24) is 10.2 Å². The quantitative estimate of drug-likeness (QED) is 0.779. The summed E-state index contributed by atoms with van der Waals surface area (Å²) in [6, 6.07) is 1.10. The first-order chi connectivity index (χ1) is 9.32. The van der Waals surface area contributed by atoms with E-state index in [1.54, 1.807) is 0 Å². The number of nitrogens with zero attached hydrogens (tertiary/aromatic N) is 1. The Morgan fingerprint density at radius 2 is 2.00 bits per heavy atom. The van der Waals surface area contributed by atoms with Crippen LogP contribution < -0.4 is 11.1 Å². The zero-order chi connectivity index (χ0) is 14.9. The Kier molecular flexibility index (Phi) is 4.75. The average Bonchev–Trinajstić information content (AvgIpc) is 3.15. The van der Waals surface area contributed by atoms with Gasteiger partial charge in [-0.05, 0) is 51.4 Å². The third-order valence-electron chi connectivity index (χ3n) is 5.26. The molecular weight excluding hydrogens is 250 g/mol. The molecule has 0 spiro atoms. The zero-order valence-corrected chi connectivity index (χ0v) is 13.5. The van der Waals surface area contributed by atoms with Gasteiger partial charge in [0.1, 0.15) is 0 Å². The summed E-state index contributed by atoms with van der Waals surface area (Å²) >= 11 is 0. The van der Waals surface area contributed by atoms with E-state index in [9.17, 15) is 4.79 Å². The van der Waals surface area contributed by atoms with Gasteiger partial charge in [0.25, 0.3) is 0 Å². The highest BCUT2D eigenvalue weighted by molar-refractivity contribution is 5.84. The smallest absolute Gasteiger partial charge is 0.237 e. The van der Waals surface area contributed by atoms with Crippen molar-refractivity contribution in [1.29, 1.82) is 0 Å². The Morgan fingerprint density at radius 1 is 1.35 bits per heavy atom. The van der Waals surface area contributed by atoms with Gasteiger partial charge in [-0.15, -0.1) is 0 Å². The molecule has 3 N–H and O–H groups in total. The third kappa shape index (κ3) is 3.73. The van der Waals surface area contributed by atoms with E-state index < -0.39 is 5.54 Å². The van der Waals surface area contributed by atoms with Crippen LogP contribution in [0.1, 0.15) is 53.4 Å². The number of primary amides is 1. The molecule has 1 heterocycles. The van der Waals surface area contributed by atoms with E-state index in [1.165, 1.54) is 19.3 Å². The van der Waals surface area contributed by atoms with Crippen molar-refractivity contribution in [3.63, 3.8) is 0 Å². The molecule has 2 fully saturated rings. The number of amides is 1. The molecule has 1 saturated carbocycles. The van der Waals surface area contributed by atoms with Gasteiger partial charge in [0.15, 0.2) is 0 Å². The van der Waals surface area contributed by atoms with Crippen LogP contribution in [-0.4, -0.2) is 41.5 Å². The van der Waals surface area contributed by atoms with Crippen molar-refractivity contribution < 1.29 is 4.79 Å². The molecule has 1 aliphatic heterocycles. The molecule has 0 radical (unpaired) electrons. The van der Waals surface area contributed by atoms with Crippen LogP contribution in [0.2, 0.25) is 0 Å². The van der Waals surface area contributed by atoms with E-state index in [2.05, 4.69) is 31.0 Å². The molecular formula is C16H31N3O. The van der Waals surface area contributed by atoms with E-state index in [0.717, 1.165) is 31.3 Å². The second-order valence-electron chi connectivity index (χ2n) is 7.42. The number of carbonyl (C=O) groups is 1. The Bertz CT molecular complexity index is 356. The summed E-state index contributed by atoms with van der Waals surface area (Å²) < 4.78 is 0. The van der Waals surface area contributed by atoms with Crippen LogP contribution in [-0.2, 0) is 4.79 Å². The molecule has 2 rings (SSSR count). The minimum absolute atomic E-state index is 0.213. The van der Waals surface area contributed by atoms with Crippen LogP contribution in [0.3, 0.4) is 0 Å². The molecule has 4 nitrogen and oxygen atoms in total. The maximum absolute atomic E-state index is 11.8. The standard InChI is InChI=1S/C16H31N3O/c1-11-9-12(2)13(3)19(10-11)8-7-16(4,15(17)20)18-14-5-6-14/h11-14,18H,5-10H2,1-4H3,(H2,17,20). The molecule has 4 atom stereocenters. The largest absolute Gasteiger partial charge is 0.368 e. The zero-order valence-electron chi connectivity index (χ0n) is 13.5. The number of hydrogen-bond donors (Lipinski definition) is 2. The van der Waals surface area contributed by atoms with Crippen molar-refractivity contribution in [2.24, 2.45) is 17.6 Å². The molecule has 2 aliphatic rings. The second kappa shape index (κ2) is 6.02. The van der Waals surface area contributed by atoms with Crippen molar-refractivity contribution in [2.75, 3.05) is 13.1 Å². The maximum Gasteiger partial charge on any atom is 0.237 e. The van der Waals surface area contributed by atoms with Crippen LogP contribution in [0.4, 0.5) is 0 Å². The van der Waals surface area contributed by atoms with Gasteiger partial charge in [-0.3, -0.25) is 4.79 Å². The van der Waals surface area contributed by atoms with Crippen LogP contribution >= 0.6 is 0 Å². The minimum Gasteiger partial charge on any atom is -0.368 e. The highest BCUT2D eigenvalue weighted by atomic mass is 16.1. The second-order valence-corrected chi connectivity index (χ2v) is 7.42. The van der Waals surface area contributed by atoms with Crippen molar-refractivity contribution >= 4 is 5.91 Å². The van der Waals surface area contributed by atoms with E-state index in [1.807, 2.05) is 6.92 Å². The summed E-state index contributed by atoms with van der Waals surface area (Å²) in [5.74, 6) is 1.27. The number of piperidine rings is 1. The first-order valence-electron chi connectivity index (χ1n) is 8.13. The van der Waals surface area contributed by atoms with E-state index >= 15 is 0 Å². The Labute approximate surface area is 123 Å². The Morgan fingerprint density at radius 3 is 2.55 bits per heavy atom. The predicted octanol–water partition coefficient (Wildman–Crippen LogP) is 1.74. The van der Waals surface area contributed by atoms with Crippen LogP contribution in [0.25, 0.3) is 0 Å². The molecule has 1 saturated heterocycles. The molecule has 1 aliphatic carbocycles.